The fourth-order valence-corrected chi connectivity index (χ4v) is 3.21. The average molecular weight is 425 g/mol. The zero-order valence-corrected chi connectivity index (χ0v) is 17.6. The van der Waals surface area contributed by atoms with E-state index in [0.29, 0.717) is 16.5 Å². The summed E-state index contributed by atoms with van der Waals surface area (Å²) >= 11 is 6.25. The van der Waals surface area contributed by atoms with E-state index < -0.39 is 17.4 Å². The van der Waals surface area contributed by atoms with Crippen LogP contribution in [0.5, 0.6) is 5.75 Å². The monoisotopic (exact) mass is 424 g/mol. The Morgan fingerprint density at radius 2 is 1.73 bits per heavy atom. The van der Waals surface area contributed by atoms with Crippen molar-refractivity contribution in [3.63, 3.8) is 0 Å². The first-order chi connectivity index (χ1) is 14.3. The minimum Gasteiger partial charge on any atom is -0.427 e. The fraction of sp³-hybridized carbons (Fsp3) is 0.174. The number of ether oxygens (including phenoxy) is 1. The number of aryl methyl sites for hydroxylation is 1. The average Bonchev–Trinajstić information content (AvgIpc) is 2.70. The lowest BCUT2D eigenvalue weighted by Crippen LogP contribution is -2.31. The largest absolute Gasteiger partial charge is 0.427 e. The van der Waals surface area contributed by atoms with Crippen molar-refractivity contribution in [1.82, 2.24) is 4.57 Å². The van der Waals surface area contributed by atoms with Crippen LogP contribution in [-0.4, -0.2) is 16.4 Å². The highest BCUT2D eigenvalue weighted by Crippen LogP contribution is 2.19. The Bertz CT molecular complexity index is 1170. The standard InChI is InChI=1S/C23H21ClN2O4/c1-14-12-20(22(28)25-18-8-10-19(11-9-18)30-16(3)27)23(29)26(15(14)2)13-17-6-4-5-7-21(17)24/h4-12H,13H2,1-3H3,(H,25,28). The Balaban J connectivity index is 1.89. The lowest BCUT2D eigenvalue weighted by atomic mass is 10.1. The van der Waals surface area contributed by atoms with E-state index in [4.69, 9.17) is 16.3 Å². The lowest BCUT2D eigenvalue weighted by Gasteiger charge is -2.15. The van der Waals surface area contributed by atoms with Gasteiger partial charge in [-0.1, -0.05) is 29.8 Å². The van der Waals surface area contributed by atoms with Gasteiger partial charge in [0, 0.05) is 23.3 Å². The molecule has 0 aliphatic heterocycles. The number of rotatable bonds is 5. The maximum atomic E-state index is 13.1. The summed E-state index contributed by atoms with van der Waals surface area (Å²) in [5.74, 6) is -0.578. The third kappa shape index (κ3) is 4.78. The van der Waals surface area contributed by atoms with Gasteiger partial charge < -0.3 is 14.6 Å². The molecule has 3 rings (SSSR count). The van der Waals surface area contributed by atoms with Gasteiger partial charge in [0.05, 0.1) is 6.54 Å². The minimum atomic E-state index is -0.517. The van der Waals surface area contributed by atoms with Crippen molar-refractivity contribution in [2.45, 2.75) is 27.3 Å². The molecule has 0 bridgehead atoms. The zero-order chi connectivity index (χ0) is 21.8. The van der Waals surface area contributed by atoms with Gasteiger partial charge in [-0.3, -0.25) is 14.4 Å². The first kappa shape index (κ1) is 21.3. The molecule has 0 radical (unpaired) electrons. The summed E-state index contributed by atoms with van der Waals surface area (Å²) in [5, 5.41) is 3.27. The molecule has 1 N–H and O–H groups in total. The van der Waals surface area contributed by atoms with Crippen molar-refractivity contribution in [2.24, 2.45) is 0 Å². The molecule has 30 heavy (non-hydrogen) atoms. The second kappa shape index (κ2) is 8.97. The van der Waals surface area contributed by atoms with Gasteiger partial charge in [0.1, 0.15) is 11.3 Å². The molecule has 3 aromatic rings. The smallest absolute Gasteiger partial charge is 0.308 e. The number of pyridine rings is 1. The number of hydrogen-bond acceptors (Lipinski definition) is 4. The number of nitrogens with one attached hydrogen (secondary N) is 1. The van der Waals surface area contributed by atoms with E-state index in [1.807, 2.05) is 32.0 Å². The molecule has 0 atom stereocenters. The van der Waals surface area contributed by atoms with Crippen LogP contribution in [0.2, 0.25) is 5.02 Å². The summed E-state index contributed by atoms with van der Waals surface area (Å²) in [6.45, 7) is 5.26. The summed E-state index contributed by atoms with van der Waals surface area (Å²) in [6, 6.07) is 15.2. The Labute approximate surface area is 179 Å². The van der Waals surface area contributed by atoms with Crippen molar-refractivity contribution < 1.29 is 14.3 Å². The van der Waals surface area contributed by atoms with Crippen molar-refractivity contribution in [1.29, 1.82) is 0 Å². The Kier molecular flexibility index (Phi) is 6.37. The first-order valence-corrected chi connectivity index (χ1v) is 9.68. The molecular weight excluding hydrogens is 404 g/mol. The molecule has 0 saturated carbocycles. The SMILES string of the molecule is CC(=O)Oc1ccc(NC(=O)c2cc(C)c(C)n(Cc3ccccc3Cl)c2=O)cc1. The highest BCUT2D eigenvalue weighted by molar-refractivity contribution is 6.31. The highest BCUT2D eigenvalue weighted by Gasteiger charge is 2.17. The molecule has 154 valence electrons. The molecule has 6 nitrogen and oxygen atoms in total. The number of benzene rings is 2. The molecule has 1 aromatic heterocycles. The number of hydrogen-bond donors (Lipinski definition) is 1. The maximum Gasteiger partial charge on any atom is 0.308 e. The Hall–Kier alpha value is -3.38. The third-order valence-corrected chi connectivity index (χ3v) is 5.09. The van der Waals surface area contributed by atoms with Gasteiger partial charge in [-0.2, -0.15) is 0 Å². The van der Waals surface area contributed by atoms with Crippen molar-refractivity contribution in [2.75, 3.05) is 5.32 Å². The quantitative estimate of drug-likeness (QED) is 0.488. The topological polar surface area (TPSA) is 77.4 Å². The minimum absolute atomic E-state index is 0.0363. The zero-order valence-electron chi connectivity index (χ0n) is 16.9. The van der Waals surface area contributed by atoms with Gasteiger partial charge in [-0.15, -0.1) is 0 Å². The van der Waals surface area contributed by atoms with Crippen LogP contribution in [0.15, 0.2) is 59.4 Å². The number of amides is 1. The second-order valence-electron chi connectivity index (χ2n) is 6.88. The third-order valence-electron chi connectivity index (χ3n) is 4.72. The normalized spacial score (nSPS) is 10.5. The highest BCUT2D eigenvalue weighted by atomic mass is 35.5. The van der Waals surface area contributed by atoms with Crippen molar-refractivity contribution in [3.05, 3.63) is 92.4 Å². The Morgan fingerprint density at radius 1 is 1.07 bits per heavy atom. The molecular formula is C23H21ClN2O4. The van der Waals surface area contributed by atoms with Crippen LogP contribution < -0.4 is 15.6 Å². The summed E-state index contributed by atoms with van der Waals surface area (Å²) in [6.07, 6.45) is 0. The number of anilines is 1. The van der Waals surface area contributed by atoms with Gasteiger partial charge in [0.2, 0.25) is 0 Å². The Morgan fingerprint density at radius 3 is 2.37 bits per heavy atom. The molecule has 0 aliphatic rings. The number of halogens is 1. The summed E-state index contributed by atoms with van der Waals surface area (Å²) < 4.78 is 6.52. The van der Waals surface area contributed by atoms with Gasteiger partial charge in [0.15, 0.2) is 0 Å². The van der Waals surface area contributed by atoms with Crippen LogP contribution in [0.4, 0.5) is 5.69 Å². The number of nitrogens with zero attached hydrogens (tertiary/aromatic N) is 1. The van der Waals surface area contributed by atoms with Gasteiger partial charge in [0.25, 0.3) is 11.5 Å². The molecule has 0 saturated heterocycles. The number of carbonyl (C=O) groups excluding carboxylic acids is 2. The summed E-state index contributed by atoms with van der Waals surface area (Å²) in [5.41, 5.74) is 2.49. The summed E-state index contributed by atoms with van der Waals surface area (Å²) in [7, 11) is 0. The van der Waals surface area contributed by atoms with E-state index in [9.17, 15) is 14.4 Å². The predicted octanol–water partition coefficient (Wildman–Crippen LogP) is 4.34. The van der Waals surface area contributed by atoms with Crippen LogP contribution in [0, 0.1) is 13.8 Å². The van der Waals surface area contributed by atoms with E-state index in [0.717, 1.165) is 16.8 Å². The summed E-state index contributed by atoms with van der Waals surface area (Å²) in [4.78, 5) is 36.9. The van der Waals surface area contributed by atoms with Crippen LogP contribution in [0.3, 0.4) is 0 Å². The van der Waals surface area contributed by atoms with E-state index in [2.05, 4.69) is 5.32 Å². The maximum absolute atomic E-state index is 13.1. The lowest BCUT2D eigenvalue weighted by molar-refractivity contribution is -0.131. The first-order valence-electron chi connectivity index (χ1n) is 9.30. The van der Waals surface area contributed by atoms with E-state index >= 15 is 0 Å². The van der Waals surface area contributed by atoms with E-state index in [1.54, 1.807) is 41.0 Å². The van der Waals surface area contributed by atoms with Gasteiger partial charge in [-0.05, 0) is 61.4 Å². The number of esters is 1. The molecule has 2 aromatic carbocycles. The van der Waals surface area contributed by atoms with Crippen LogP contribution >= 0.6 is 11.6 Å². The van der Waals surface area contributed by atoms with Gasteiger partial charge >= 0.3 is 5.97 Å². The van der Waals surface area contributed by atoms with Crippen molar-refractivity contribution >= 4 is 29.2 Å². The van der Waals surface area contributed by atoms with E-state index in [1.165, 1.54) is 6.92 Å². The molecule has 7 heteroatoms. The number of carbonyl (C=O) groups is 2. The molecule has 0 spiro atoms. The van der Waals surface area contributed by atoms with Crippen molar-refractivity contribution in [3.8, 4) is 5.75 Å². The molecule has 0 aliphatic carbocycles. The van der Waals surface area contributed by atoms with E-state index in [-0.39, 0.29) is 12.1 Å². The van der Waals surface area contributed by atoms with Crippen LogP contribution in [-0.2, 0) is 11.3 Å². The van der Waals surface area contributed by atoms with Crippen LogP contribution in [0.25, 0.3) is 0 Å². The predicted molar refractivity (Wildman–Crippen MR) is 116 cm³/mol. The molecule has 0 fully saturated rings. The fourth-order valence-electron chi connectivity index (χ4n) is 3.01. The second-order valence-corrected chi connectivity index (χ2v) is 7.29. The van der Waals surface area contributed by atoms with Crippen LogP contribution in [0.1, 0.15) is 34.1 Å². The molecule has 1 heterocycles. The molecule has 0 unspecified atom stereocenters. The number of aromatic nitrogens is 1. The molecule has 1 amide bonds. The van der Waals surface area contributed by atoms with Gasteiger partial charge in [-0.25, -0.2) is 0 Å².